The Morgan fingerprint density at radius 3 is 2.57 bits per heavy atom. The minimum Gasteiger partial charge on any atom is -0.493 e. The number of aromatic nitrogens is 1. The largest absolute Gasteiger partial charge is 0.493 e. The van der Waals surface area contributed by atoms with Gasteiger partial charge in [-0.25, -0.2) is 0 Å². The second-order valence-corrected chi connectivity index (χ2v) is 7.77. The highest BCUT2D eigenvalue weighted by atomic mass is 16.5. The molecule has 0 saturated carbocycles. The molecule has 158 valence electrons. The number of hydrogen-bond acceptors (Lipinski definition) is 4. The fourth-order valence-electron chi connectivity index (χ4n) is 4.27. The summed E-state index contributed by atoms with van der Waals surface area (Å²) in [5.41, 5.74) is 4.62. The lowest BCUT2D eigenvalue weighted by Crippen LogP contribution is -2.41. The van der Waals surface area contributed by atoms with Gasteiger partial charge in [-0.2, -0.15) is 0 Å². The molecule has 1 aliphatic rings. The van der Waals surface area contributed by atoms with Crippen molar-refractivity contribution in [1.82, 2.24) is 9.47 Å². The number of fused-ring (bicyclic) bond motifs is 2. The predicted octanol–water partition coefficient (Wildman–Crippen LogP) is 4.03. The van der Waals surface area contributed by atoms with E-state index >= 15 is 0 Å². The van der Waals surface area contributed by atoms with Crippen LogP contribution < -0.4 is 14.2 Å². The third kappa shape index (κ3) is 3.47. The van der Waals surface area contributed by atoms with Crippen LogP contribution in [0.15, 0.2) is 36.4 Å². The van der Waals surface area contributed by atoms with E-state index in [0.29, 0.717) is 18.0 Å². The van der Waals surface area contributed by atoms with Crippen LogP contribution in [0.2, 0.25) is 0 Å². The molecule has 4 rings (SSSR count). The van der Waals surface area contributed by atoms with E-state index in [0.717, 1.165) is 28.6 Å². The predicted molar refractivity (Wildman–Crippen MR) is 117 cm³/mol. The number of benzene rings is 2. The van der Waals surface area contributed by atoms with Crippen LogP contribution in [-0.4, -0.2) is 42.7 Å². The van der Waals surface area contributed by atoms with E-state index in [-0.39, 0.29) is 18.6 Å². The zero-order valence-electron chi connectivity index (χ0n) is 18.2. The molecule has 3 aromatic rings. The molecule has 0 radical (unpaired) electrons. The molecular formula is C24H28N2O4. The van der Waals surface area contributed by atoms with Gasteiger partial charge in [0, 0.05) is 30.2 Å². The first kappa shape index (κ1) is 20.1. The number of ether oxygens (including phenoxy) is 3. The number of carbonyl (C=O) groups excluding carboxylic acids is 1. The van der Waals surface area contributed by atoms with Crippen LogP contribution in [0, 0.1) is 6.92 Å². The van der Waals surface area contributed by atoms with Crippen molar-refractivity contribution in [2.75, 3.05) is 27.4 Å². The Balaban J connectivity index is 1.48. The Morgan fingerprint density at radius 2 is 1.83 bits per heavy atom. The van der Waals surface area contributed by atoms with Gasteiger partial charge in [0.15, 0.2) is 18.1 Å². The van der Waals surface area contributed by atoms with E-state index in [1.54, 1.807) is 14.2 Å². The summed E-state index contributed by atoms with van der Waals surface area (Å²) in [6, 6.07) is 12.0. The van der Waals surface area contributed by atoms with Crippen molar-refractivity contribution in [3.05, 3.63) is 53.2 Å². The minimum absolute atomic E-state index is 0.0181. The molecule has 1 atom stereocenters. The van der Waals surface area contributed by atoms with E-state index in [2.05, 4.69) is 17.6 Å². The average Bonchev–Trinajstić information content (AvgIpc) is 3.04. The average molecular weight is 408 g/mol. The SMILES string of the molecule is COc1cc2c(cc1OC)C(C)N(C(=O)COc1ccc3c(c1)cc(C)n3C)CC2. The topological polar surface area (TPSA) is 52.9 Å². The maximum atomic E-state index is 12.9. The van der Waals surface area contributed by atoms with Crippen LogP contribution in [0.25, 0.3) is 10.9 Å². The molecule has 0 aliphatic carbocycles. The van der Waals surface area contributed by atoms with Gasteiger partial charge in [-0.15, -0.1) is 0 Å². The first-order chi connectivity index (χ1) is 14.4. The van der Waals surface area contributed by atoms with Crippen LogP contribution in [0.4, 0.5) is 0 Å². The van der Waals surface area contributed by atoms with Crippen molar-refractivity contribution >= 4 is 16.8 Å². The molecule has 6 nitrogen and oxygen atoms in total. The summed E-state index contributed by atoms with van der Waals surface area (Å²) in [4.78, 5) is 14.8. The lowest BCUT2D eigenvalue weighted by Gasteiger charge is -2.35. The highest BCUT2D eigenvalue weighted by Gasteiger charge is 2.29. The number of methoxy groups -OCH3 is 2. The second-order valence-electron chi connectivity index (χ2n) is 7.77. The minimum atomic E-state index is -0.0519. The van der Waals surface area contributed by atoms with Gasteiger partial charge < -0.3 is 23.7 Å². The number of carbonyl (C=O) groups is 1. The normalized spacial score (nSPS) is 15.8. The number of nitrogens with zero attached hydrogens (tertiary/aromatic N) is 2. The molecule has 30 heavy (non-hydrogen) atoms. The van der Waals surface area contributed by atoms with Gasteiger partial charge in [0.2, 0.25) is 0 Å². The molecule has 6 heteroatoms. The van der Waals surface area contributed by atoms with Crippen molar-refractivity contribution in [1.29, 1.82) is 0 Å². The van der Waals surface area contributed by atoms with E-state index < -0.39 is 0 Å². The van der Waals surface area contributed by atoms with E-state index in [1.807, 2.05) is 49.2 Å². The van der Waals surface area contributed by atoms with Gasteiger partial charge in [-0.1, -0.05) is 0 Å². The van der Waals surface area contributed by atoms with Crippen LogP contribution in [0.5, 0.6) is 17.2 Å². The van der Waals surface area contributed by atoms with Gasteiger partial charge in [-0.05, 0) is 67.8 Å². The Morgan fingerprint density at radius 1 is 1.10 bits per heavy atom. The van der Waals surface area contributed by atoms with Crippen LogP contribution in [0.3, 0.4) is 0 Å². The second kappa shape index (κ2) is 7.94. The van der Waals surface area contributed by atoms with Crippen molar-refractivity contribution in [3.8, 4) is 17.2 Å². The molecular weight excluding hydrogens is 380 g/mol. The van der Waals surface area contributed by atoms with Crippen molar-refractivity contribution < 1.29 is 19.0 Å². The Labute approximate surface area is 176 Å². The molecule has 0 fully saturated rings. The molecule has 1 aromatic heterocycles. The van der Waals surface area contributed by atoms with Crippen LogP contribution in [-0.2, 0) is 18.3 Å². The first-order valence-electron chi connectivity index (χ1n) is 10.2. The maximum absolute atomic E-state index is 12.9. The summed E-state index contributed by atoms with van der Waals surface area (Å²) in [5.74, 6) is 2.09. The highest BCUT2D eigenvalue weighted by Crippen LogP contribution is 2.38. The van der Waals surface area contributed by atoms with E-state index in [1.165, 1.54) is 11.3 Å². The maximum Gasteiger partial charge on any atom is 0.261 e. The number of aryl methyl sites for hydroxylation is 2. The third-order valence-electron chi connectivity index (χ3n) is 6.12. The lowest BCUT2D eigenvalue weighted by molar-refractivity contribution is -0.135. The Bertz CT molecular complexity index is 1100. The summed E-state index contributed by atoms with van der Waals surface area (Å²) >= 11 is 0. The standard InChI is InChI=1S/C24H28N2O4/c1-15-10-18-11-19(6-7-21(18)25(15)3)30-14-24(27)26-9-8-17-12-22(28-4)23(29-5)13-20(17)16(26)2/h6-7,10-13,16H,8-9,14H2,1-5H3. The van der Waals surface area contributed by atoms with Crippen LogP contribution >= 0.6 is 0 Å². The fraction of sp³-hybridized carbons (Fsp3) is 0.375. The summed E-state index contributed by atoms with van der Waals surface area (Å²) in [5, 5.41) is 1.11. The molecule has 2 heterocycles. The number of amides is 1. The lowest BCUT2D eigenvalue weighted by atomic mass is 9.92. The summed E-state index contributed by atoms with van der Waals surface area (Å²) in [6.45, 7) is 4.79. The molecule has 0 bridgehead atoms. The summed E-state index contributed by atoms with van der Waals surface area (Å²) < 4.78 is 18.8. The van der Waals surface area contributed by atoms with Gasteiger partial charge in [0.1, 0.15) is 5.75 Å². The Hall–Kier alpha value is -3.15. The number of hydrogen-bond donors (Lipinski definition) is 0. The van der Waals surface area contributed by atoms with Gasteiger partial charge >= 0.3 is 0 Å². The molecule has 0 saturated heterocycles. The van der Waals surface area contributed by atoms with Crippen molar-refractivity contribution in [2.24, 2.45) is 7.05 Å². The molecule has 0 N–H and O–H groups in total. The monoisotopic (exact) mass is 408 g/mol. The summed E-state index contributed by atoms with van der Waals surface area (Å²) in [7, 11) is 5.30. The van der Waals surface area contributed by atoms with E-state index in [9.17, 15) is 4.79 Å². The third-order valence-corrected chi connectivity index (χ3v) is 6.12. The number of rotatable bonds is 5. The zero-order chi connectivity index (χ0) is 21.4. The highest BCUT2D eigenvalue weighted by molar-refractivity contribution is 5.83. The molecule has 2 aromatic carbocycles. The van der Waals surface area contributed by atoms with E-state index in [4.69, 9.17) is 14.2 Å². The van der Waals surface area contributed by atoms with Gasteiger partial charge in [-0.3, -0.25) is 4.79 Å². The van der Waals surface area contributed by atoms with Crippen LogP contribution in [0.1, 0.15) is 29.8 Å². The molecule has 1 amide bonds. The smallest absolute Gasteiger partial charge is 0.261 e. The summed E-state index contributed by atoms with van der Waals surface area (Å²) in [6.07, 6.45) is 0.779. The fourth-order valence-corrected chi connectivity index (χ4v) is 4.27. The quantitative estimate of drug-likeness (QED) is 0.640. The van der Waals surface area contributed by atoms with Gasteiger partial charge in [0.25, 0.3) is 5.91 Å². The molecule has 1 unspecified atom stereocenters. The van der Waals surface area contributed by atoms with Crippen molar-refractivity contribution in [2.45, 2.75) is 26.3 Å². The Kier molecular flexibility index (Phi) is 5.33. The van der Waals surface area contributed by atoms with Gasteiger partial charge in [0.05, 0.1) is 20.3 Å². The first-order valence-corrected chi connectivity index (χ1v) is 10.2. The molecule has 1 aliphatic heterocycles. The molecule has 0 spiro atoms. The van der Waals surface area contributed by atoms with Crippen molar-refractivity contribution in [3.63, 3.8) is 0 Å². The zero-order valence-corrected chi connectivity index (χ0v) is 18.2.